The van der Waals surface area contributed by atoms with Crippen LogP contribution in [-0.4, -0.2) is 28.9 Å². The zero-order valence-corrected chi connectivity index (χ0v) is 9.64. The van der Waals surface area contributed by atoms with E-state index in [9.17, 15) is 0 Å². The lowest BCUT2D eigenvalue weighted by Crippen LogP contribution is -2.24. The SMILES string of the molecule is CC1CN(c2nccc(C(=N)N)n2)CC1C. The second-order valence-corrected chi connectivity index (χ2v) is 4.52. The van der Waals surface area contributed by atoms with Crippen molar-refractivity contribution in [3.05, 3.63) is 18.0 Å². The molecule has 1 aliphatic rings. The Bertz CT molecular complexity index is 393. The van der Waals surface area contributed by atoms with Gasteiger partial charge in [0.15, 0.2) is 0 Å². The maximum absolute atomic E-state index is 7.35. The first-order valence-corrected chi connectivity index (χ1v) is 5.50. The summed E-state index contributed by atoms with van der Waals surface area (Å²) in [6.07, 6.45) is 1.66. The average molecular weight is 219 g/mol. The third kappa shape index (κ3) is 1.98. The van der Waals surface area contributed by atoms with Crippen LogP contribution in [0.15, 0.2) is 12.3 Å². The van der Waals surface area contributed by atoms with Crippen molar-refractivity contribution < 1.29 is 0 Å². The fourth-order valence-corrected chi connectivity index (χ4v) is 1.94. The summed E-state index contributed by atoms with van der Waals surface area (Å²) >= 11 is 0. The molecule has 1 fully saturated rings. The highest BCUT2D eigenvalue weighted by Crippen LogP contribution is 2.25. The van der Waals surface area contributed by atoms with Crippen LogP contribution < -0.4 is 10.6 Å². The van der Waals surface area contributed by atoms with Crippen LogP contribution in [0, 0.1) is 17.2 Å². The second kappa shape index (κ2) is 4.08. The smallest absolute Gasteiger partial charge is 0.225 e. The zero-order chi connectivity index (χ0) is 11.7. The van der Waals surface area contributed by atoms with E-state index in [4.69, 9.17) is 11.1 Å². The van der Waals surface area contributed by atoms with Crippen LogP contribution in [-0.2, 0) is 0 Å². The first-order valence-electron chi connectivity index (χ1n) is 5.50. The first-order chi connectivity index (χ1) is 7.58. The molecular weight excluding hydrogens is 202 g/mol. The van der Waals surface area contributed by atoms with E-state index in [2.05, 4.69) is 28.7 Å². The molecule has 1 aromatic heterocycles. The lowest BCUT2D eigenvalue weighted by Gasteiger charge is -2.15. The minimum Gasteiger partial charge on any atom is -0.382 e. The largest absolute Gasteiger partial charge is 0.382 e. The van der Waals surface area contributed by atoms with Crippen molar-refractivity contribution >= 4 is 11.8 Å². The van der Waals surface area contributed by atoms with E-state index in [0.717, 1.165) is 13.1 Å². The molecule has 2 atom stereocenters. The molecule has 0 aliphatic carbocycles. The predicted molar refractivity (Wildman–Crippen MR) is 63.6 cm³/mol. The summed E-state index contributed by atoms with van der Waals surface area (Å²) in [5.74, 6) is 1.99. The zero-order valence-electron chi connectivity index (χ0n) is 9.64. The van der Waals surface area contributed by atoms with Crippen LogP contribution >= 0.6 is 0 Å². The van der Waals surface area contributed by atoms with Gasteiger partial charge in [-0.3, -0.25) is 5.41 Å². The van der Waals surface area contributed by atoms with Gasteiger partial charge in [-0.05, 0) is 17.9 Å². The number of hydrogen-bond acceptors (Lipinski definition) is 4. The van der Waals surface area contributed by atoms with Gasteiger partial charge in [-0.1, -0.05) is 13.8 Å². The van der Waals surface area contributed by atoms with Gasteiger partial charge in [0.2, 0.25) is 5.95 Å². The van der Waals surface area contributed by atoms with Gasteiger partial charge in [-0.2, -0.15) is 0 Å². The highest BCUT2D eigenvalue weighted by atomic mass is 15.3. The summed E-state index contributed by atoms with van der Waals surface area (Å²) in [4.78, 5) is 10.7. The van der Waals surface area contributed by atoms with E-state index < -0.39 is 0 Å². The molecule has 16 heavy (non-hydrogen) atoms. The molecule has 1 aromatic rings. The van der Waals surface area contributed by atoms with Crippen LogP contribution in [0.5, 0.6) is 0 Å². The van der Waals surface area contributed by atoms with Crippen LogP contribution in [0.4, 0.5) is 5.95 Å². The topological polar surface area (TPSA) is 78.9 Å². The third-order valence-corrected chi connectivity index (χ3v) is 3.19. The molecule has 2 rings (SSSR count). The fraction of sp³-hybridized carbons (Fsp3) is 0.545. The molecule has 5 nitrogen and oxygen atoms in total. The summed E-state index contributed by atoms with van der Waals surface area (Å²) < 4.78 is 0. The van der Waals surface area contributed by atoms with Gasteiger partial charge in [-0.15, -0.1) is 0 Å². The van der Waals surface area contributed by atoms with E-state index in [1.54, 1.807) is 12.3 Å². The van der Waals surface area contributed by atoms with Crippen molar-refractivity contribution in [1.82, 2.24) is 9.97 Å². The lowest BCUT2D eigenvalue weighted by atomic mass is 10.0. The molecule has 3 N–H and O–H groups in total. The minimum atomic E-state index is -0.0102. The molecule has 0 spiro atoms. The number of rotatable bonds is 2. The van der Waals surface area contributed by atoms with Gasteiger partial charge < -0.3 is 10.6 Å². The first kappa shape index (κ1) is 10.9. The second-order valence-electron chi connectivity index (χ2n) is 4.52. The molecule has 0 aromatic carbocycles. The monoisotopic (exact) mass is 219 g/mol. The lowest BCUT2D eigenvalue weighted by molar-refractivity contribution is 0.494. The molecule has 5 heteroatoms. The number of amidine groups is 1. The van der Waals surface area contributed by atoms with E-state index >= 15 is 0 Å². The number of aromatic nitrogens is 2. The third-order valence-electron chi connectivity index (χ3n) is 3.19. The van der Waals surface area contributed by atoms with Crippen molar-refractivity contribution in [3.8, 4) is 0 Å². The standard InChI is InChI=1S/C11H17N5/c1-7-5-16(6-8(7)2)11-14-4-3-9(15-11)10(12)13/h3-4,7-8H,5-6H2,1-2H3,(H3,12,13). The van der Waals surface area contributed by atoms with Gasteiger partial charge in [0, 0.05) is 19.3 Å². The Morgan fingerprint density at radius 2 is 2.06 bits per heavy atom. The minimum absolute atomic E-state index is 0.0102. The molecule has 2 heterocycles. The van der Waals surface area contributed by atoms with Crippen molar-refractivity contribution in [1.29, 1.82) is 5.41 Å². The van der Waals surface area contributed by atoms with Gasteiger partial charge in [-0.25, -0.2) is 9.97 Å². The van der Waals surface area contributed by atoms with Gasteiger partial charge in [0.25, 0.3) is 0 Å². The normalized spacial score (nSPS) is 24.8. The quantitative estimate of drug-likeness (QED) is 0.571. The number of anilines is 1. The van der Waals surface area contributed by atoms with Crippen LogP contribution in [0.25, 0.3) is 0 Å². The average Bonchev–Trinajstić information content (AvgIpc) is 2.59. The summed E-state index contributed by atoms with van der Waals surface area (Å²) in [5.41, 5.74) is 5.91. The van der Waals surface area contributed by atoms with Crippen LogP contribution in [0.1, 0.15) is 19.5 Å². The van der Waals surface area contributed by atoms with E-state index in [-0.39, 0.29) is 5.84 Å². The Labute approximate surface area is 95.2 Å². The predicted octanol–water partition coefficient (Wildman–Crippen LogP) is 0.853. The molecule has 0 radical (unpaired) electrons. The Hall–Kier alpha value is -1.65. The van der Waals surface area contributed by atoms with Gasteiger partial charge in [0.05, 0.1) is 0 Å². The molecule has 1 aliphatic heterocycles. The Morgan fingerprint density at radius 1 is 1.44 bits per heavy atom. The molecule has 1 saturated heterocycles. The highest BCUT2D eigenvalue weighted by molar-refractivity contribution is 5.93. The van der Waals surface area contributed by atoms with Crippen molar-refractivity contribution in [2.75, 3.05) is 18.0 Å². The van der Waals surface area contributed by atoms with Crippen LogP contribution in [0.2, 0.25) is 0 Å². The summed E-state index contributed by atoms with van der Waals surface area (Å²) in [7, 11) is 0. The maximum atomic E-state index is 7.35. The maximum Gasteiger partial charge on any atom is 0.225 e. The summed E-state index contributed by atoms with van der Waals surface area (Å²) in [5, 5.41) is 7.35. The Morgan fingerprint density at radius 3 is 2.62 bits per heavy atom. The van der Waals surface area contributed by atoms with E-state index in [0.29, 0.717) is 23.5 Å². The van der Waals surface area contributed by atoms with Crippen LogP contribution in [0.3, 0.4) is 0 Å². The molecule has 86 valence electrons. The number of nitrogens with one attached hydrogen (secondary N) is 1. The van der Waals surface area contributed by atoms with E-state index in [1.165, 1.54) is 0 Å². The molecule has 0 amide bonds. The molecule has 0 bridgehead atoms. The highest BCUT2D eigenvalue weighted by Gasteiger charge is 2.27. The van der Waals surface area contributed by atoms with E-state index in [1.807, 2.05) is 0 Å². The van der Waals surface area contributed by atoms with Crippen molar-refractivity contribution in [2.24, 2.45) is 17.6 Å². The number of nitrogen functional groups attached to an aromatic ring is 1. The summed E-state index contributed by atoms with van der Waals surface area (Å²) in [6, 6.07) is 1.66. The Balaban J connectivity index is 2.21. The molecule has 0 saturated carbocycles. The van der Waals surface area contributed by atoms with Crippen molar-refractivity contribution in [2.45, 2.75) is 13.8 Å². The Kier molecular flexibility index (Phi) is 2.77. The molecular formula is C11H17N5. The molecule has 2 unspecified atom stereocenters. The van der Waals surface area contributed by atoms with Crippen molar-refractivity contribution in [3.63, 3.8) is 0 Å². The number of nitrogens with zero attached hydrogens (tertiary/aromatic N) is 3. The number of nitrogens with two attached hydrogens (primary N) is 1. The number of hydrogen-bond donors (Lipinski definition) is 2. The van der Waals surface area contributed by atoms with Gasteiger partial charge >= 0.3 is 0 Å². The fourth-order valence-electron chi connectivity index (χ4n) is 1.94. The van der Waals surface area contributed by atoms with Gasteiger partial charge in [0.1, 0.15) is 11.5 Å². The summed E-state index contributed by atoms with van der Waals surface area (Å²) in [6.45, 7) is 6.42.